The largest absolute Gasteiger partial charge is 0.357 e. The Bertz CT molecular complexity index is 1860. The zero-order chi connectivity index (χ0) is 29.6. The van der Waals surface area contributed by atoms with E-state index in [-0.39, 0.29) is 0 Å². The smallest absolute Gasteiger partial charge is 0.0871 e. The number of pyridine rings is 1. The molecule has 4 heteroatoms. The Morgan fingerprint density at radius 1 is 0.432 bits per heavy atom. The van der Waals surface area contributed by atoms with Crippen molar-refractivity contribution in [1.29, 1.82) is 0 Å². The second kappa shape index (κ2) is 13.4. The first-order valence-corrected chi connectivity index (χ1v) is 17.7. The molecular weight excluding hydrogens is 570 g/mol. The first-order chi connectivity index (χ1) is 21.8. The molecule has 1 N–H and O–H groups in total. The van der Waals surface area contributed by atoms with Crippen LogP contribution in [0.5, 0.6) is 0 Å². The fraction of sp³-hybridized carbons (Fsp3) is 0.0250. The van der Waals surface area contributed by atoms with Crippen molar-refractivity contribution in [2.24, 2.45) is 0 Å². The molecular formula is C40H32N2P2. The van der Waals surface area contributed by atoms with Crippen LogP contribution in [0.4, 0.5) is 0 Å². The number of H-pyrrole nitrogens is 1. The van der Waals surface area contributed by atoms with E-state index in [9.17, 15) is 0 Å². The van der Waals surface area contributed by atoms with Gasteiger partial charge in [0.1, 0.15) is 0 Å². The summed E-state index contributed by atoms with van der Waals surface area (Å²) in [7, 11) is -1.28. The molecule has 7 rings (SSSR count). The van der Waals surface area contributed by atoms with E-state index in [0.29, 0.717) is 0 Å². The zero-order valence-corrected chi connectivity index (χ0v) is 26.1. The Labute approximate surface area is 262 Å². The Kier molecular flexibility index (Phi) is 8.55. The number of nitrogens with zero attached hydrogens (tertiary/aromatic N) is 1. The summed E-state index contributed by atoms with van der Waals surface area (Å²) >= 11 is 0. The first-order valence-electron chi connectivity index (χ1n) is 14.9. The molecule has 0 atom stereocenters. The highest BCUT2D eigenvalue weighted by molar-refractivity contribution is 7.80. The number of benzene rings is 5. The highest BCUT2D eigenvalue weighted by atomic mass is 31.1. The van der Waals surface area contributed by atoms with Crippen LogP contribution in [0.1, 0.15) is 5.69 Å². The molecule has 0 unspecified atom stereocenters. The summed E-state index contributed by atoms with van der Waals surface area (Å²) in [6, 6.07) is 63.0. The molecule has 7 aromatic rings. The van der Waals surface area contributed by atoms with Gasteiger partial charge in [0, 0.05) is 17.4 Å². The van der Waals surface area contributed by atoms with Crippen LogP contribution in [-0.4, -0.2) is 9.97 Å². The normalized spacial score (nSPS) is 11.2. The highest BCUT2D eigenvalue weighted by Gasteiger charge is 2.21. The Balaban J connectivity index is 1.23. The Hall–Kier alpha value is -4.61. The van der Waals surface area contributed by atoms with Gasteiger partial charge in [-0.15, -0.1) is 0 Å². The summed E-state index contributed by atoms with van der Waals surface area (Å²) in [5, 5.41) is 6.75. The topological polar surface area (TPSA) is 28.7 Å². The summed E-state index contributed by atoms with van der Waals surface area (Å²) in [5.74, 6) is 0. The molecule has 0 fully saturated rings. The SMILES string of the molecule is c1ccc(P(Cc2ccc(-c3cccc(-c4ccccc4P(c4ccccc4)c4ccccc4)n3)[nH]2)c2ccccc2)cc1. The molecule has 0 saturated carbocycles. The molecule has 0 aliphatic heterocycles. The van der Waals surface area contributed by atoms with Gasteiger partial charge in [0.15, 0.2) is 0 Å². The third-order valence-electron chi connectivity index (χ3n) is 7.69. The van der Waals surface area contributed by atoms with Crippen LogP contribution in [0.2, 0.25) is 0 Å². The van der Waals surface area contributed by atoms with Crippen LogP contribution >= 0.6 is 15.8 Å². The number of nitrogens with one attached hydrogen (secondary N) is 1. The third-order valence-corrected chi connectivity index (χ3v) is 12.7. The molecule has 0 bridgehead atoms. The van der Waals surface area contributed by atoms with Gasteiger partial charge in [-0.3, -0.25) is 0 Å². The number of hydrogen-bond donors (Lipinski definition) is 1. The van der Waals surface area contributed by atoms with E-state index >= 15 is 0 Å². The molecule has 0 saturated heterocycles. The van der Waals surface area contributed by atoms with Gasteiger partial charge in [-0.1, -0.05) is 152 Å². The lowest BCUT2D eigenvalue weighted by Gasteiger charge is -2.22. The molecule has 2 nitrogen and oxygen atoms in total. The standard InChI is InChI=1S/C40H32N2P2/c1-5-16-32(17-6-1)43(33-18-7-2-8-19-33)30-31-28-29-39(41-31)38-26-15-25-37(42-38)36-24-13-14-27-40(36)44(34-20-9-3-10-21-34)35-22-11-4-12-23-35/h1-29,41H,30H2. The van der Waals surface area contributed by atoms with E-state index < -0.39 is 15.8 Å². The lowest BCUT2D eigenvalue weighted by Crippen LogP contribution is -2.22. The van der Waals surface area contributed by atoms with Crippen molar-refractivity contribution in [3.05, 3.63) is 182 Å². The van der Waals surface area contributed by atoms with Gasteiger partial charge in [0.2, 0.25) is 0 Å². The fourth-order valence-corrected chi connectivity index (χ4v) is 10.3. The maximum Gasteiger partial charge on any atom is 0.0871 e. The maximum atomic E-state index is 5.24. The molecule has 0 spiro atoms. The van der Waals surface area contributed by atoms with Gasteiger partial charge in [0.25, 0.3) is 0 Å². The third kappa shape index (κ3) is 6.20. The molecule has 44 heavy (non-hydrogen) atoms. The number of rotatable bonds is 9. The quantitative estimate of drug-likeness (QED) is 0.166. The van der Waals surface area contributed by atoms with Gasteiger partial charge in [-0.25, -0.2) is 4.98 Å². The summed E-state index contributed by atoms with van der Waals surface area (Å²) < 4.78 is 0. The van der Waals surface area contributed by atoms with Crippen LogP contribution in [0.15, 0.2) is 176 Å². The van der Waals surface area contributed by atoms with Gasteiger partial charge < -0.3 is 4.98 Å². The van der Waals surface area contributed by atoms with Gasteiger partial charge in [-0.2, -0.15) is 0 Å². The predicted molar refractivity (Wildman–Crippen MR) is 191 cm³/mol. The second-order valence-corrected chi connectivity index (χ2v) is 15.0. The van der Waals surface area contributed by atoms with Crippen LogP contribution in [0, 0.1) is 0 Å². The average molecular weight is 603 g/mol. The van der Waals surface area contributed by atoms with Crippen molar-refractivity contribution in [2.45, 2.75) is 6.16 Å². The second-order valence-electron chi connectivity index (χ2n) is 10.6. The molecule has 0 amide bonds. The van der Waals surface area contributed by atoms with Gasteiger partial charge in [0.05, 0.1) is 17.1 Å². The van der Waals surface area contributed by atoms with Crippen molar-refractivity contribution in [2.75, 3.05) is 0 Å². The first kappa shape index (κ1) is 28.2. The minimum absolute atomic E-state index is 0.531. The highest BCUT2D eigenvalue weighted by Crippen LogP contribution is 2.39. The average Bonchev–Trinajstić information content (AvgIpc) is 3.58. The lowest BCUT2D eigenvalue weighted by molar-refractivity contribution is 1.21. The Morgan fingerprint density at radius 2 is 0.932 bits per heavy atom. The summed E-state index contributed by atoms with van der Waals surface area (Å²) in [5.41, 5.74) is 5.39. The van der Waals surface area contributed by atoms with E-state index in [4.69, 9.17) is 4.98 Å². The monoisotopic (exact) mass is 602 g/mol. The Morgan fingerprint density at radius 3 is 1.52 bits per heavy atom. The predicted octanol–water partition coefficient (Wildman–Crippen LogP) is 8.13. The summed E-state index contributed by atoms with van der Waals surface area (Å²) in [6.45, 7) is 0. The zero-order valence-electron chi connectivity index (χ0n) is 24.3. The lowest BCUT2D eigenvalue weighted by atomic mass is 10.1. The molecule has 2 aromatic heterocycles. The molecule has 0 aliphatic carbocycles. The van der Waals surface area contributed by atoms with Gasteiger partial charge >= 0.3 is 0 Å². The van der Waals surface area contributed by atoms with Crippen LogP contribution in [-0.2, 0) is 6.16 Å². The van der Waals surface area contributed by atoms with Crippen LogP contribution in [0.3, 0.4) is 0 Å². The molecule has 0 aliphatic rings. The molecule has 5 aromatic carbocycles. The van der Waals surface area contributed by atoms with E-state index in [0.717, 1.165) is 23.2 Å². The van der Waals surface area contributed by atoms with E-state index in [1.807, 2.05) is 0 Å². The van der Waals surface area contributed by atoms with E-state index in [1.54, 1.807) is 0 Å². The molecule has 2 heterocycles. The van der Waals surface area contributed by atoms with Crippen molar-refractivity contribution >= 4 is 42.4 Å². The number of hydrogen-bond acceptors (Lipinski definition) is 1. The van der Waals surface area contributed by atoms with Crippen molar-refractivity contribution in [1.82, 2.24) is 9.97 Å². The van der Waals surface area contributed by atoms with E-state index in [2.05, 4.69) is 181 Å². The van der Waals surface area contributed by atoms with Crippen molar-refractivity contribution < 1.29 is 0 Å². The minimum atomic E-state index is -0.750. The van der Waals surface area contributed by atoms with Crippen LogP contribution in [0.25, 0.3) is 22.6 Å². The fourth-order valence-electron chi connectivity index (χ4n) is 5.60. The van der Waals surface area contributed by atoms with Gasteiger partial charge in [-0.05, 0) is 66.6 Å². The van der Waals surface area contributed by atoms with E-state index in [1.165, 1.54) is 37.8 Å². The van der Waals surface area contributed by atoms with Crippen molar-refractivity contribution in [3.8, 4) is 22.6 Å². The maximum absolute atomic E-state index is 5.24. The minimum Gasteiger partial charge on any atom is -0.357 e. The molecule has 212 valence electrons. The van der Waals surface area contributed by atoms with Crippen LogP contribution < -0.4 is 26.5 Å². The van der Waals surface area contributed by atoms with Crippen molar-refractivity contribution in [3.63, 3.8) is 0 Å². The number of aromatic nitrogens is 2. The summed E-state index contributed by atoms with van der Waals surface area (Å²) in [4.78, 5) is 8.96. The molecule has 0 radical (unpaired) electrons. The number of aromatic amines is 1. The summed E-state index contributed by atoms with van der Waals surface area (Å²) in [6.07, 6.45) is 0.949.